The van der Waals surface area contributed by atoms with Crippen LogP contribution in [0, 0.1) is 0 Å². The average Bonchev–Trinajstić information content (AvgIpc) is 2.80. The molecule has 5 heteroatoms. The van der Waals surface area contributed by atoms with Gasteiger partial charge in [-0.15, -0.1) is 0 Å². The third kappa shape index (κ3) is 3.24. The van der Waals surface area contributed by atoms with E-state index in [9.17, 15) is 4.79 Å². The lowest BCUT2D eigenvalue weighted by Gasteiger charge is -2.33. The highest BCUT2D eigenvalue weighted by Gasteiger charge is 2.29. The Labute approximate surface area is 108 Å². The van der Waals surface area contributed by atoms with Gasteiger partial charge in [0.2, 0.25) is 0 Å². The summed E-state index contributed by atoms with van der Waals surface area (Å²) < 4.78 is 5.40. The van der Waals surface area contributed by atoms with Gasteiger partial charge in [0.1, 0.15) is 11.4 Å². The third-order valence-corrected chi connectivity index (χ3v) is 2.98. The number of likely N-dealkylation sites (tertiary alicyclic amines) is 1. The highest BCUT2D eigenvalue weighted by Crippen LogP contribution is 2.25. The van der Waals surface area contributed by atoms with Gasteiger partial charge in [0, 0.05) is 31.4 Å². The lowest BCUT2D eigenvalue weighted by molar-refractivity contribution is 0.0196. The van der Waals surface area contributed by atoms with Gasteiger partial charge in [-0.3, -0.25) is 0 Å². The zero-order valence-corrected chi connectivity index (χ0v) is 11.3. The number of nitrogens with one attached hydrogen (secondary N) is 1. The van der Waals surface area contributed by atoms with Crippen LogP contribution < -0.4 is 0 Å². The molecule has 1 aliphatic rings. The monoisotopic (exact) mass is 251 g/mol. The average molecular weight is 251 g/mol. The number of hydrogen-bond acceptors (Lipinski definition) is 3. The first-order chi connectivity index (χ1) is 8.46. The van der Waals surface area contributed by atoms with Crippen molar-refractivity contribution in [3.05, 3.63) is 18.2 Å². The topological polar surface area (TPSA) is 58.2 Å². The van der Waals surface area contributed by atoms with Crippen LogP contribution >= 0.6 is 0 Å². The molecule has 5 nitrogen and oxygen atoms in total. The third-order valence-electron chi connectivity index (χ3n) is 2.98. The SMILES string of the molecule is CC(C)(C)OC(=O)N1CCCC(c2ncc[nH]2)C1. The van der Waals surface area contributed by atoms with E-state index in [2.05, 4.69) is 9.97 Å². The predicted molar refractivity (Wildman–Crippen MR) is 68.4 cm³/mol. The highest BCUT2D eigenvalue weighted by atomic mass is 16.6. The Kier molecular flexibility index (Phi) is 3.59. The van der Waals surface area contributed by atoms with E-state index in [-0.39, 0.29) is 6.09 Å². The largest absolute Gasteiger partial charge is 0.444 e. The van der Waals surface area contributed by atoms with Gasteiger partial charge in [0.15, 0.2) is 0 Å². The van der Waals surface area contributed by atoms with Gasteiger partial charge in [-0.25, -0.2) is 9.78 Å². The summed E-state index contributed by atoms with van der Waals surface area (Å²) in [5.41, 5.74) is -0.436. The number of rotatable bonds is 1. The Hall–Kier alpha value is -1.52. The predicted octanol–water partition coefficient (Wildman–Crippen LogP) is 2.52. The molecular weight excluding hydrogens is 230 g/mol. The first-order valence-corrected chi connectivity index (χ1v) is 6.43. The molecular formula is C13H21N3O2. The molecule has 0 aliphatic carbocycles. The van der Waals surface area contributed by atoms with E-state index in [0.717, 1.165) is 25.2 Å². The fourth-order valence-corrected chi connectivity index (χ4v) is 2.19. The second-order valence-corrected chi connectivity index (χ2v) is 5.74. The van der Waals surface area contributed by atoms with Crippen molar-refractivity contribution in [2.24, 2.45) is 0 Å². The molecule has 0 spiro atoms. The van der Waals surface area contributed by atoms with Crippen LogP contribution in [0.25, 0.3) is 0 Å². The van der Waals surface area contributed by atoms with E-state index >= 15 is 0 Å². The number of H-pyrrole nitrogens is 1. The zero-order chi connectivity index (χ0) is 13.2. The van der Waals surface area contributed by atoms with E-state index in [1.54, 1.807) is 11.1 Å². The standard InChI is InChI=1S/C13H21N3O2/c1-13(2,3)18-12(17)16-8-4-5-10(9-16)11-14-6-7-15-11/h6-7,10H,4-5,8-9H2,1-3H3,(H,14,15). The molecule has 1 N–H and O–H groups in total. The first kappa shape index (κ1) is 12.9. The number of hydrogen-bond donors (Lipinski definition) is 1. The van der Waals surface area contributed by atoms with Crippen molar-refractivity contribution in [2.75, 3.05) is 13.1 Å². The summed E-state index contributed by atoms with van der Waals surface area (Å²) in [4.78, 5) is 21.2. The van der Waals surface area contributed by atoms with Crippen molar-refractivity contribution in [3.8, 4) is 0 Å². The van der Waals surface area contributed by atoms with Crippen molar-refractivity contribution in [1.29, 1.82) is 0 Å². The number of aromatic amines is 1. The Bertz CT molecular complexity index is 395. The molecule has 2 heterocycles. The molecule has 0 radical (unpaired) electrons. The molecule has 1 aromatic rings. The molecule has 1 aliphatic heterocycles. The molecule has 1 saturated heterocycles. The second-order valence-electron chi connectivity index (χ2n) is 5.74. The van der Waals surface area contributed by atoms with Gasteiger partial charge in [-0.1, -0.05) is 0 Å². The van der Waals surface area contributed by atoms with E-state index in [1.165, 1.54) is 0 Å². The maximum Gasteiger partial charge on any atom is 0.410 e. The van der Waals surface area contributed by atoms with Gasteiger partial charge in [0.05, 0.1) is 0 Å². The van der Waals surface area contributed by atoms with Gasteiger partial charge in [-0.2, -0.15) is 0 Å². The molecule has 18 heavy (non-hydrogen) atoms. The fourth-order valence-electron chi connectivity index (χ4n) is 2.19. The molecule has 1 unspecified atom stereocenters. The van der Waals surface area contributed by atoms with E-state index in [4.69, 9.17) is 4.74 Å². The van der Waals surface area contributed by atoms with Crippen LogP contribution in [0.15, 0.2) is 12.4 Å². The Morgan fingerprint density at radius 1 is 1.56 bits per heavy atom. The Morgan fingerprint density at radius 2 is 2.33 bits per heavy atom. The normalized spacial score (nSPS) is 20.8. The fraction of sp³-hybridized carbons (Fsp3) is 0.692. The number of carbonyl (C=O) groups is 1. The Balaban J connectivity index is 1.96. The minimum Gasteiger partial charge on any atom is -0.444 e. The van der Waals surface area contributed by atoms with Crippen LogP contribution in [-0.4, -0.2) is 39.7 Å². The lowest BCUT2D eigenvalue weighted by atomic mass is 9.98. The molecule has 1 amide bonds. The van der Waals surface area contributed by atoms with Crippen molar-refractivity contribution in [2.45, 2.75) is 45.1 Å². The molecule has 1 atom stereocenters. The summed E-state index contributed by atoms with van der Waals surface area (Å²) in [6.45, 7) is 7.12. The number of carbonyl (C=O) groups excluding carboxylic acids is 1. The molecule has 1 aromatic heterocycles. The smallest absolute Gasteiger partial charge is 0.410 e. The summed E-state index contributed by atoms with van der Waals surface area (Å²) in [7, 11) is 0. The summed E-state index contributed by atoms with van der Waals surface area (Å²) in [5.74, 6) is 1.25. The minimum atomic E-state index is -0.436. The van der Waals surface area contributed by atoms with Crippen LogP contribution in [0.2, 0.25) is 0 Å². The summed E-state index contributed by atoms with van der Waals surface area (Å²) >= 11 is 0. The summed E-state index contributed by atoms with van der Waals surface area (Å²) in [6.07, 6.45) is 5.40. The molecule has 0 aromatic carbocycles. The van der Waals surface area contributed by atoms with Gasteiger partial charge < -0.3 is 14.6 Å². The molecule has 0 bridgehead atoms. The van der Waals surface area contributed by atoms with E-state index in [1.807, 2.05) is 27.0 Å². The highest BCUT2D eigenvalue weighted by molar-refractivity contribution is 5.68. The van der Waals surface area contributed by atoms with Crippen LogP contribution in [0.4, 0.5) is 4.79 Å². The van der Waals surface area contributed by atoms with Gasteiger partial charge >= 0.3 is 6.09 Å². The quantitative estimate of drug-likeness (QED) is 0.834. The number of nitrogens with zero attached hydrogens (tertiary/aromatic N) is 2. The molecule has 1 fully saturated rings. The molecule has 100 valence electrons. The van der Waals surface area contributed by atoms with E-state index in [0.29, 0.717) is 12.5 Å². The van der Waals surface area contributed by atoms with E-state index < -0.39 is 5.60 Å². The second kappa shape index (κ2) is 5.00. The van der Waals surface area contributed by atoms with Crippen LogP contribution in [0.1, 0.15) is 45.4 Å². The minimum absolute atomic E-state index is 0.223. The Morgan fingerprint density at radius 3 is 2.94 bits per heavy atom. The molecule has 2 rings (SSSR count). The van der Waals surface area contributed by atoms with Gasteiger partial charge in [-0.05, 0) is 33.6 Å². The van der Waals surface area contributed by atoms with Crippen LogP contribution in [0.5, 0.6) is 0 Å². The van der Waals surface area contributed by atoms with Gasteiger partial charge in [0.25, 0.3) is 0 Å². The van der Waals surface area contributed by atoms with Crippen molar-refractivity contribution in [1.82, 2.24) is 14.9 Å². The number of amides is 1. The number of aromatic nitrogens is 2. The van der Waals surface area contributed by atoms with Crippen molar-refractivity contribution < 1.29 is 9.53 Å². The maximum absolute atomic E-state index is 12.0. The van der Waals surface area contributed by atoms with Crippen molar-refractivity contribution in [3.63, 3.8) is 0 Å². The number of ether oxygens (including phenoxy) is 1. The summed E-state index contributed by atoms with van der Waals surface area (Å²) in [6, 6.07) is 0. The lowest BCUT2D eigenvalue weighted by Crippen LogP contribution is -2.42. The summed E-state index contributed by atoms with van der Waals surface area (Å²) in [5, 5.41) is 0. The van der Waals surface area contributed by atoms with Crippen LogP contribution in [-0.2, 0) is 4.74 Å². The van der Waals surface area contributed by atoms with Crippen LogP contribution in [0.3, 0.4) is 0 Å². The number of piperidine rings is 1. The molecule has 0 saturated carbocycles. The first-order valence-electron chi connectivity index (χ1n) is 6.43. The number of imidazole rings is 1. The zero-order valence-electron chi connectivity index (χ0n) is 11.3. The maximum atomic E-state index is 12.0. The van der Waals surface area contributed by atoms with Crippen molar-refractivity contribution >= 4 is 6.09 Å².